The molecule has 1 atom stereocenters. The highest BCUT2D eigenvalue weighted by molar-refractivity contribution is 5.87. The van der Waals surface area contributed by atoms with Crippen molar-refractivity contribution in [3.8, 4) is 0 Å². The molecule has 3 nitrogen and oxygen atoms in total. The lowest BCUT2D eigenvalue weighted by Crippen LogP contribution is -2.30. The van der Waals surface area contributed by atoms with Crippen molar-refractivity contribution < 1.29 is 0 Å². The summed E-state index contributed by atoms with van der Waals surface area (Å²) in [6, 6.07) is 11.1. The lowest BCUT2D eigenvalue weighted by atomic mass is 9.92. The Kier molecular flexibility index (Phi) is 4.20. The smallest absolute Gasteiger partial charge is 0.0483 e. The average molecular weight is 345 g/mol. The van der Waals surface area contributed by atoms with E-state index in [1.165, 1.54) is 38.9 Å². The molecule has 26 heavy (non-hydrogen) atoms. The summed E-state index contributed by atoms with van der Waals surface area (Å²) in [6.45, 7) is 8.48. The molecule has 1 aliphatic heterocycles. The first-order valence-corrected chi connectivity index (χ1v) is 9.32. The van der Waals surface area contributed by atoms with Crippen molar-refractivity contribution in [3.63, 3.8) is 0 Å². The molecule has 4 rings (SSSR count). The van der Waals surface area contributed by atoms with E-state index in [-0.39, 0.29) is 0 Å². The van der Waals surface area contributed by atoms with Gasteiger partial charge >= 0.3 is 0 Å². The number of hydrogen-bond acceptors (Lipinski definition) is 2. The molecule has 0 fully saturated rings. The summed E-state index contributed by atoms with van der Waals surface area (Å²) in [6.07, 6.45) is 4.41. The SMILES string of the molecule is CC(=CC1CN(C)Cc2c1n(C)c1ccc(C)cc21)c1ccc(C)nc1. The second-order valence-corrected chi connectivity index (χ2v) is 7.78. The van der Waals surface area contributed by atoms with Crippen molar-refractivity contribution in [2.75, 3.05) is 13.6 Å². The maximum atomic E-state index is 4.46. The Balaban J connectivity index is 1.83. The van der Waals surface area contributed by atoms with Gasteiger partial charge in [-0.15, -0.1) is 0 Å². The first-order valence-electron chi connectivity index (χ1n) is 9.32. The molecule has 3 aromatic rings. The minimum absolute atomic E-state index is 0.391. The Morgan fingerprint density at radius 2 is 1.96 bits per heavy atom. The number of rotatable bonds is 2. The van der Waals surface area contributed by atoms with E-state index in [9.17, 15) is 0 Å². The topological polar surface area (TPSA) is 21.1 Å². The largest absolute Gasteiger partial charge is 0.347 e. The summed E-state index contributed by atoms with van der Waals surface area (Å²) in [5, 5.41) is 1.40. The van der Waals surface area contributed by atoms with E-state index < -0.39 is 0 Å². The zero-order valence-corrected chi connectivity index (χ0v) is 16.4. The van der Waals surface area contributed by atoms with Crippen LogP contribution in [0.3, 0.4) is 0 Å². The third-order valence-electron chi connectivity index (χ3n) is 5.61. The molecule has 0 bridgehead atoms. The summed E-state index contributed by atoms with van der Waals surface area (Å²) in [5.74, 6) is 0.391. The summed E-state index contributed by atoms with van der Waals surface area (Å²) in [4.78, 5) is 6.89. The number of aryl methyl sites for hydroxylation is 3. The Bertz CT molecular complexity index is 992. The highest BCUT2D eigenvalue weighted by atomic mass is 15.1. The van der Waals surface area contributed by atoms with Crippen molar-refractivity contribution in [2.45, 2.75) is 33.2 Å². The lowest BCUT2D eigenvalue weighted by molar-refractivity contribution is 0.295. The van der Waals surface area contributed by atoms with E-state index in [1.54, 1.807) is 0 Å². The molecular formula is C23H27N3. The summed E-state index contributed by atoms with van der Waals surface area (Å²) < 4.78 is 2.40. The van der Waals surface area contributed by atoms with Crippen molar-refractivity contribution in [1.82, 2.24) is 14.5 Å². The second-order valence-electron chi connectivity index (χ2n) is 7.78. The molecule has 0 spiro atoms. The van der Waals surface area contributed by atoms with Crippen LogP contribution in [0.25, 0.3) is 16.5 Å². The van der Waals surface area contributed by atoms with E-state index in [0.29, 0.717) is 5.92 Å². The van der Waals surface area contributed by atoms with Crippen LogP contribution in [0.1, 0.15) is 40.9 Å². The maximum absolute atomic E-state index is 4.46. The van der Waals surface area contributed by atoms with Crippen LogP contribution in [0.2, 0.25) is 0 Å². The molecule has 134 valence electrons. The van der Waals surface area contributed by atoms with Gasteiger partial charge in [-0.3, -0.25) is 4.98 Å². The average Bonchev–Trinajstić information content (AvgIpc) is 2.87. The fourth-order valence-corrected chi connectivity index (χ4v) is 4.28. The van der Waals surface area contributed by atoms with Gasteiger partial charge in [0.2, 0.25) is 0 Å². The number of likely N-dealkylation sites (N-methyl/N-ethyl adjacent to an activating group) is 1. The maximum Gasteiger partial charge on any atom is 0.0483 e. The fraction of sp³-hybridized carbons (Fsp3) is 0.348. The molecule has 0 saturated carbocycles. The van der Waals surface area contributed by atoms with Gasteiger partial charge in [-0.05, 0) is 62.7 Å². The number of fused-ring (bicyclic) bond motifs is 3. The first kappa shape index (κ1) is 17.0. The predicted molar refractivity (Wildman–Crippen MR) is 109 cm³/mol. The number of nitrogens with zero attached hydrogens (tertiary/aromatic N) is 3. The molecule has 0 amide bonds. The number of benzene rings is 1. The Morgan fingerprint density at radius 3 is 2.69 bits per heavy atom. The normalized spacial score (nSPS) is 18.3. The highest BCUT2D eigenvalue weighted by Crippen LogP contribution is 2.37. The van der Waals surface area contributed by atoms with E-state index in [1.807, 2.05) is 13.1 Å². The van der Waals surface area contributed by atoms with E-state index in [0.717, 1.165) is 18.8 Å². The third kappa shape index (κ3) is 2.86. The molecule has 2 aromatic heterocycles. The standard InChI is InChI=1S/C23H27N3/c1-15-6-9-22-20(10-15)21-14-25(4)13-19(23(21)26(22)5)11-16(2)18-8-7-17(3)24-12-18/h6-12,19H,13-14H2,1-5H3. The van der Waals surface area contributed by atoms with Crippen molar-refractivity contribution in [1.29, 1.82) is 0 Å². The molecule has 1 aliphatic rings. The molecule has 0 N–H and O–H groups in total. The van der Waals surface area contributed by atoms with E-state index in [2.05, 4.69) is 78.8 Å². The minimum atomic E-state index is 0.391. The molecule has 0 saturated heterocycles. The quantitative estimate of drug-likeness (QED) is 0.664. The fourth-order valence-electron chi connectivity index (χ4n) is 4.28. The van der Waals surface area contributed by atoms with Crippen LogP contribution in [-0.2, 0) is 13.6 Å². The number of allylic oxidation sites excluding steroid dienone is 1. The van der Waals surface area contributed by atoms with Crippen molar-refractivity contribution in [3.05, 3.63) is 70.7 Å². The molecule has 0 radical (unpaired) electrons. The van der Waals surface area contributed by atoms with Crippen molar-refractivity contribution in [2.24, 2.45) is 7.05 Å². The van der Waals surface area contributed by atoms with Crippen molar-refractivity contribution >= 4 is 16.5 Å². The lowest BCUT2D eigenvalue weighted by Gasteiger charge is -2.30. The minimum Gasteiger partial charge on any atom is -0.347 e. The Labute approximate surface area is 156 Å². The van der Waals surface area contributed by atoms with Crippen LogP contribution in [0.15, 0.2) is 42.6 Å². The Hall–Kier alpha value is -2.39. The van der Waals surface area contributed by atoms with Gasteiger partial charge in [-0.2, -0.15) is 0 Å². The van der Waals surface area contributed by atoms with Gasteiger partial charge in [0.05, 0.1) is 0 Å². The van der Waals surface area contributed by atoms with Crippen LogP contribution in [-0.4, -0.2) is 28.0 Å². The van der Waals surface area contributed by atoms with Gasteiger partial charge in [0.1, 0.15) is 0 Å². The van der Waals surface area contributed by atoms with Crippen LogP contribution >= 0.6 is 0 Å². The first-order chi connectivity index (χ1) is 12.4. The van der Waals surface area contributed by atoms with Gasteiger partial charge in [0.15, 0.2) is 0 Å². The van der Waals surface area contributed by atoms with Crippen LogP contribution in [0.4, 0.5) is 0 Å². The van der Waals surface area contributed by atoms with Crippen LogP contribution in [0.5, 0.6) is 0 Å². The second kappa shape index (κ2) is 6.40. The van der Waals surface area contributed by atoms with Gasteiger partial charge < -0.3 is 9.47 Å². The molecule has 3 heteroatoms. The van der Waals surface area contributed by atoms with Gasteiger partial charge in [-0.1, -0.05) is 23.8 Å². The zero-order valence-electron chi connectivity index (χ0n) is 16.4. The summed E-state index contributed by atoms with van der Waals surface area (Å²) >= 11 is 0. The molecule has 1 unspecified atom stereocenters. The number of aromatic nitrogens is 2. The molecular weight excluding hydrogens is 318 g/mol. The zero-order chi connectivity index (χ0) is 18.4. The van der Waals surface area contributed by atoms with Gasteiger partial charge in [0, 0.05) is 54.5 Å². The Morgan fingerprint density at radius 1 is 1.15 bits per heavy atom. The summed E-state index contributed by atoms with van der Waals surface area (Å²) in [5.41, 5.74) is 9.17. The molecule has 1 aromatic carbocycles. The molecule has 0 aliphatic carbocycles. The highest BCUT2D eigenvalue weighted by Gasteiger charge is 2.28. The third-order valence-corrected chi connectivity index (χ3v) is 5.61. The monoisotopic (exact) mass is 345 g/mol. The number of hydrogen-bond donors (Lipinski definition) is 0. The number of pyridine rings is 1. The molecule has 3 heterocycles. The predicted octanol–water partition coefficient (Wildman–Crippen LogP) is 4.82. The van der Waals surface area contributed by atoms with E-state index in [4.69, 9.17) is 0 Å². The van der Waals surface area contributed by atoms with Gasteiger partial charge in [0.25, 0.3) is 0 Å². The summed E-state index contributed by atoms with van der Waals surface area (Å²) in [7, 11) is 4.44. The van der Waals surface area contributed by atoms with Crippen LogP contribution < -0.4 is 0 Å². The van der Waals surface area contributed by atoms with Gasteiger partial charge in [-0.25, -0.2) is 0 Å². The van der Waals surface area contributed by atoms with Crippen LogP contribution in [0, 0.1) is 13.8 Å². The van der Waals surface area contributed by atoms with E-state index >= 15 is 0 Å².